The molecule has 0 radical (unpaired) electrons. The lowest BCUT2D eigenvalue weighted by Gasteiger charge is -2.29. The predicted octanol–water partition coefficient (Wildman–Crippen LogP) is 6.57. The zero-order chi connectivity index (χ0) is 21.7. The van der Waals surface area contributed by atoms with E-state index in [4.69, 9.17) is 0 Å². The van der Waals surface area contributed by atoms with Gasteiger partial charge in [-0.15, -0.1) is 0 Å². The van der Waals surface area contributed by atoms with Crippen LogP contribution < -0.4 is 0 Å². The molecule has 0 atom stereocenters. The Hall–Kier alpha value is -1.99. The summed E-state index contributed by atoms with van der Waals surface area (Å²) in [5.74, 6) is 0. The zero-order valence-corrected chi connectivity index (χ0v) is 16.7. The molecular formula is C20H24F6N2. The molecule has 0 aliphatic rings. The molecule has 0 fully saturated rings. The van der Waals surface area contributed by atoms with Crippen molar-refractivity contribution < 1.29 is 26.3 Å². The van der Waals surface area contributed by atoms with Gasteiger partial charge in [-0.25, -0.2) is 0 Å². The molecule has 8 heteroatoms. The molecule has 2 nitrogen and oxygen atoms in total. The summed E-state index contributed by atoms with van der Waals surface area (Å²) >= 11 is 0. The fourth-order valence-electron chi connectivity index (χ4n) is 3.65. The lowest BCUT2D eigenvalue weighted by Crippen LogP contribution is -2.26. The van der Waals surface area contributed by atoms with Crippen LogP contribution in [-0.4, -0.2) is 10.2 Å². The first-order chi connectivity index (χ1) is 12.4. The SMILES string of the molecule is Cc1[nH]nc(C(F)(F)F)c1C(C)(C)Cc1ccc(C(C)(C)C)c(C(F)(F)F)c1. The highest BCUT2D eigenvalue weighted by Gasteiger charge is 2.42. The van der Waals surface area contributed by atoms with Gasteiger partial charge in [-0.3, -0.25) is 5.10 Å². The van der Waals surface area contributed by atoms with Crippen LogP contribution in [0, 0.1) is 6.92 Å². The maximum absolute atomic E-state index is 13.6. The number of aryl methyl sites for hydroxylation is 1. The summed E-state index contributed by atoms with van der Waals surface area (Å²) in [6.07, 6.45) is -9.19. The van der Waals surface area contributed by atoms with Gasteiger partial charge < -0.3 is 0 Å². The van der Waals surface area contributed by atoms with Gasteiger partial charge in [-0.1, -0.05) is 46.8 Å². The minimum Gasteiger partial charge on any atom is -0.282 e. The van der Waals surface area contributed by atoms with Crippen molar-refractivity contribution in [3.63, 3.8) is 0 Å². The van der Waals surface area contributed by atoms with Crippen molar-refractivity contribution in [3.8, 4) is 0 Å². The number of nitrogens with zero attached hydrogens (tertiary/aromatic N) is 1. The molecule has 156 valence electrons. The maximum atomic E-state index is 13.6. The third kappa shape index (κ3) is 4.52. The van der Waals surface area contributed by atoms with Crippen LogP contribution >= 0.6 is 0 Å². The number of benzene rings is 1. The molecule has 0 saturated carbocycles. The summed E-state index contributed by atoms with van der Waals surface area (Å²) in [5, 5.41) is 5.72. The van der Waals surface area contributed by atoms with Crippen LogP contribution in [0.5, 0.6) is 0 Å². The number of rotatable bonds is 3. The molecule has 28 heavy (non-hydrogen) atoms. The summed E-state index contributed by atoms with van der Waals surface area (Å²) in [6, 6.07) is 4.02. The second-order valence-corrected chi connectivity index (χ2v) is 8.76. The summed E-state index contributed by atoms with van der Waals surface area (Å²) in [7, 11) is 0. The number of halogens is 6. The van der Waals surface area contributed by atoms with Crippen molar-refractivity contribution in [1.82, 2.24) is 10.2 Å². The Kier molecular flexibility index (Phi) is 5.42. The Bertz CT molecular complexity index is 851. The first kappa shape index (κ1) is 22.3. The van der Waals surface area contributed by atoms with E-state index in [2.05, 4.69) is 10.2 Å². The van der Waals surface area contributed by atoms with Gasteiger partial charge in [-0.05, 0) is 41.4 Å². The second kappa shape index (κ2) is 6.81. The van der Waals surface area contributed by atoms with Crippen molar-refractivity contribution in [3.05, 3.63) is 51.8 Å². The van der Waals surface area contributed by atoms with Crippen molar-refractivity contribution in [2.24, 2.45) is 0 Å². The number of H-pyrrole nitrogens is 1. The summed E-state index contributed by atoms with van der Waals surface area (Å²) in [6.45, 7) is 9.68. The van der Waals surface area contributed by atoms with Gasteiger partial charge in [0.15, 0.2) is 5.69 Å². The summed E-state index contributed by atoms with van der Waals surface area (Å²) < 4.78 is 80.7. The van der Waals surface area contributed by atoms with Crippen LogP contribution in [0.4, 0.5) is 26.3 Å². The largest absolute Gasteiger partial charge is 0.435 e. The lowest BCUT2D eigenvalue weighted by atomic mass is 9.76. The molecule has 0 aliphatic heterocycles. The number of hydrogen-bond donors (Lipinski definition) is 1. The van der Waals surface area contributed by atoms with E-state index >= 15 is 0 Å². The Morgan fingerprint density at radius 2 is 1.43 bits per heavy atom. The summed E-state index contributed by atoms with van der Waals surface area (Å²) in [4.78, 5) is 0. The second-order valence-electron chi connectivity index (χ2n) is 8.76. The fourth-order valence-corrected chi connectivity index (χ4v) is 3.65. The first-order valence-corrected chi connectivity index (χ1v) is 8.78. The van der Waals surface area contributed by atoms with Crippen LogP contribution in [0.1, 0.15) is 68.3 Å². The number of aromatic nitrogens is 2. The van der Waals surface area contributed by atoms with E-state index in [0.717, 1.165) is 6.07 Å². The van der Waals surface area contributed by atoms with E-state index in [1.165, 1.54) is 13.0 Å². The van der Waals surface area contributed by atoms with E-state index in [1.807, 2.05) is 0 Å². The van der Waals surface area contributed by atoms with Crippen LogP contribution in [0.3, 0.4) is 0 Å². The number of alkyl halides is 6. The van der Waals surface area contributed by atoms with Crippen molar-refractivity contribution in [2.75, 3.05) is 0 Å². The minimum atomic E-state index is -4.65. The Balaban J connectivity index is 2.53. The van der Waals surface area contributed by atoms with Gasteiger partial charge in [0.2, 0.25) is 0 Å². The molecule has 1 aromatic heterocycles. The van der Waals surface area contributed by atoms with Gasteiger partial charge in [0.05, 0.1) is 5.56 Å². The van der Waals surface area contributed by atoms with E-state index < -0.39 is 34.4 Å². The average molecular weight is 406 g/mol. The Morgan fingerprint density at radius 3 is 1.89 bits per heavy atom. The third-order valence-corrected chi connectivity index (χ3v) is 4.74. The van der Waals surface area contributed by atoms with E-state index in [-0.39, 0.29) is 23.2 Å². The van der Waals surface area contributed by atoms with Gasteiger partial charge >= 0.3 is 12.4 Å². The molecule has 1 heterocycles. The quantitative estimate of drug-likeness (QED) is 0.574. The van der Waals surface area contributed by atoms with Crippen molar-refractivity contribution >= 4 is 0 Å². The summed E-state index contributed by atoms with van der Waals surface area (Å²) in [5.41, 5.74) is -2.90. The lowest BCUT2D eigenvalue weighted by molar-refractivity contribution is -0.142. The maximum Gasteiger partial charge on any atom is 0.435 e. The predicted molar refractivity (Wildman–Crippen MR) is 95.2 cm³/mol. The number of nitrogens with one attached hydrogen (secondary N) is 1. The smallest absolute Gasteiger partial charge is 0.282 e. The van der Waals surface area contributed by atoms with E-state index in [1.54, 1.807) is 40.7 Å². The molecule has 0 saturated heterocycles. The normalized spacial score (nSPS) is 13.9. The first-order valence-electron chi connectivity index (χ1n) is 8.78. The van der Waals surface area contributed by atoms with Crippen LogP contribution in [0.2, 0.25) is 0 Å². The number of hydrogen-bond acceptors (Lipinski definition) is 1. The van der Waals surface area contributed by atoms with Crippen LogP contribution in [0.15, 0.2) is 18.2 Å². The molecule has 0 unspecified atom stereocenters. The van der Waals surface area contributed by atoms with Crippen LogP contribution in [0.25, 0.3) is 0 Å². The Morgan fingerprint density at radius 1 is 0.857 bits per heavy atom. The third-order valence-electron chi connectivity index (χ3n) is 4.74. The average Bonchev–Trinajstić information content (AvgIpc) is 2.87. The van der Waals surface area contributed by atoms with E-state index in [0.29, 0.717) is 5.56 Å². The minimum absolute atomic E-state index is 0.00392. The standard InChI is InChI=1S/C20H24F6N2/c1-11-15(16(28-27-11)20(24,25)26)18(5,6)10-12-7-8-13(17(2,3)4)14(9-12)19(21,22)23/h7-9H,10H2,1-6H3,(H,27,28). The Labute approximate surface area is 160 Å². The number of aromatic amines is 1. The van der Waals surface area contributed by atoms with Crippen LogP contribution in [-0.2, 0) is 29.6 Å². The zero-order valence-electron chi connectivity index (χ0n) is 16.7. The molecular weight excluding hydrogens is 382 g/mol. The molecule has 0 amide bonds. The highest BCUT2D eigenvalue weighted by atomic mass is 19.4. The van der Waals surface area contributed by atoms with Gasteiger partial charge in [-0.2, -0.15) is 31.4 Å². The molecule has 0 aliphatic carbocycles. The van der Waals surface area contributed by atoms with Gasteiger partial charge in [0.25, 0.3) is 0 Å². The van der Waals surface area contributed by atoms with Gasteiger partial charge in [0.1, 0.15) is 0 Å². The highest BCUT2D eigenvalue weighted by molar-refractivity contribution is 5.41. The molecule has 2 rings (SSSR count). The fraction of sp³-hybridized carbons (Fsp3) is 0.550. The molecule has 1 N–H and O–H groups in total. The van der Waals surface area contributed by atoms with Gasteiger partial charge in [0, 0.05) is 11.3 Å². The molecule has 0 spiro atoms. The molecule has 0 bridgehead atoms. The molecule has 1 aromatic carbocycles. The molecule has 2 aromatic rings. The topological polar surface area (TPSA) is 28.7 Å². The van der Waals surface area contributed by atoms with Crippen molar-refractivity contribution in [1.29, 1.82) is 0 Å². The monoisotopic (exact) mass is 406 g/mol. The highest BCUT2D eigenvalue weighted by Crippen LogP contribution is 2.42. The van der Waals surface area contributed by atoms with Crippen molar-refractivity contribution in [2.45, 2.75) is 71.1 Å². The van der Waals surface area contributed by atoms with E-state index in [9.17, 15) is 26.3 Å².